The Morgan fingerprint density at radius 3 is 2.50 bits per heavy atom. The SMILES string of the molecule is Nc1cccc(CC2NC(=O)N(CCc3ccc([N+](=O)[O-])cc3)C2=O)c1. The van der Waals surface area contributed by atoms with E-state index in [2.05, 4.69) is 5.32 Å². The van der Waals surface area contributed by atoms with Crippen LogP contribution in [0.5, 0.6) is 0 Å². The molecular formula is C18H18N4O4. The van der Waals surface area contributed by atoms with E-state index in [1.807, 2.05) is 6.07 Å². The van der Waals surface area contributed by atoms with E-state index >= 15 is 0 Å². The molecule has 1 aliphatic heterocycles. The van der Waals surface area contributed by atoms with Crippen LogP contribution in [0, 0.1) is 10.1 Å². The Kier molecular flexibility index (Phi) is 4.83. The largest absolute Gasteiger partial charge is 0.399 e. The smallest absolute Gasteiger partial charge is 0.324 e. The van der Waals surface area contributed by atoms with Crippen molar-refractivity contribution in [2.24, 2.45) is 0 Å². The zero-order valence-corrected chi connectivity index (χ0v) is 13.9. The van der Waals surface area contributed by atoms with Crippen LogP contribution in [0.25, 0.3) is 0 Å². The fourth-order valence-corrected chi connectivity index (χ4v) is 2.91. The molecule has 8 nitrogen and oxygen atoms in total. The van der Waals surface area contributed by atoms with E-state index in [-0.39, 0.29) is 18.1 Å². The van der Waals surface area contributed by atoms with Gasteiger partial charge in [-0.05, 0) is 29.7 Å². The van der Waals surface area contributed by atoms with E-state index in [1.54, 1.807) is 30.3 Å². The number of carbonyl (C=O) groups is 2. The minimum atomic E-state index is -0.610. The summed E-state index contributed by atoms with van der Waals surface area (Å²) in [5.41, 5.74) is 8.04. The lowest BCUT2D eigenvalue weighted by Gasteiger charge is -2.13. The molecule has 3 amide bonds. The van der Waals surface area contributed by atoms with Gasteiger partial charge in [0.2, 0.25) is 0 Å². The van der Waals surface area contributed by atoms with Crippen LogP contribution < -0.4 is 11.1 Å². The molecule has 0 spiro atoms. The second-order valence-electron chi connectivity index (χ2n) is 6.11. The van der Waals surface area contributed by atoms with Crippen LogP contribution in [0.15, 0.2) is 48.5 Å². The molecule has 1 fully saturated rings. The lowest BCUT2D eigenvalue weighted by molar-refractivity contribution is -0.384. The summed E-state index contributed by atoms with van der Waals surface area (Å²) in [6.07, 6.45) is 0.811. The third-order valence-electron chi connectivity index (χ3n) is 4.27. The van der Waals surface area contributed by atoms with Gasteiger partial charge in [-0.2, -0.15) is 0 Å². The van der Waals surface area contributed by atoms with Crippen molar-refractivity contribution in [1.82, 2.24) is 10.2 Å². The fourth-order valence-electron chi connectivity index (χ4n) is 2.91. The van der Waals surface area contributed by atoms with Crippen LogP contribution >= 0.6 is 0 Å². The molecule has 1 atom stereocenters. The molecule has 0 radical (unpaired) electrons. The molecule has 3 rings (SSSR count). The summed E-state index contributed by atoms with van der Waals surface area (Å²) in [7, 11) is 0. The number of amides is 3. The summed E-state index contributed by atoms with van der Waals surface area (Å²) in [5, 5.41) is 13.4. The van der Waals surface area contributed by atoms with Gasteiger partial charge in [-0.15, -0.1) is 0 Å². The minimum Gasteiger partial charge on any atom is -0.399 e. The molecule has 8 heteroatoms. The van der Waals surface area contributed by atoms with Gasteiger partial charge in [0.05, 0.1) is 4.92 Å². The van der Waals surface area contributed by atoms with E-state index < -0.39 is 17.0 Å². The van der Waals surface area contributed by atoms with Gasteiger partial charge in [-0.25, -0.2) is 4.79 Å². The number of nitro groups is 1. The number of nitrogen functional groups attached to an aromatic ring is 1. The van der Waals surface area contributed by atoms with Crippen molar-refractivity contribution in [2.75, 3.05) is 12.3 Å². The predicted molar refractivity (Wildman–Crippen MR) is 95.4 cm³/mol. The molecule has 1 heterocycles. The van der Waals surface area contributed by atoms with Crippen molar-refractivity contribution in [3.63, 3.8) is 0 Å². The molecule has 0 aromatic heterocycles. The van der Waals surface area contributed by atoms with Crippen molar-refractivity contribution >= 4 is 23.3 Å². The normalized spacial score (nSPS) is 16.6. The zero-order chi connectivity index (χ0) is 18.7. The number of rotatable bonds is 6. The van der Waals surface area contributed by atoms with E-state index in [0.29, 0.717) is 18.5 Å². The average Bonchev–Trinajstić information content (AvgIpc) is 2.87. The van der Waals surface area contributed by atoms with Gasteiger partial charge in [0.25, 0.3) is 11.6 Å². The first-order chi connectivity index (χ1) is 12.4. The number of benzene rings is 2. The highest BCUT2D eigenvalue weighted by molar-refractivity contribution is 6.04. The molecule has 0 bridgehead atoms. The summed E-state index contributed by atoms with van der Waals surface area (Å²) in [5.74, 6) is -0.278. The summed E-state index contributed by atoms with van der Waals surface area (Å²) in [6, 6.07) is 12.2. The summed E-state index contributed by atoms with van der Waals surface area (Å²) < 4.78 is 0. The molecule has 0 saturated carbocycles. The highest BCUT2D eigenvalue weighted by Crippen LogP contribution is 2.16. The Hall–Kier alpha value is -3.42. The van der Waals surface area contributed by atoms with Crippen LogP contribution in [0.1, 0.15) is 11.1 Å². The molecule has 2 aromatic carbocycles. The van der Waals surface area contributed by atoms with E-state index in [4.69, 9.17) is 5.73 Å². The number of imide groups is 1. The Labute approximate surface area is 149 Å². The third kappa shape index (κ3) is 3.80. The van der Waals surface area contributed by atoms with Gasteiger partial charge >= 0.3 is 6.03 Å². The summed E-state index contributed by atoms with van der Waals surface area (Å²) in [6.45, 7) is 0.218. The molecule has 1 aliphatic rings. The predicted octanol–water partition coefficient (Wildman–Crippen LogP) is 1.88. The monoisotopic (exact) mass is 354 g/mol. The van der Waals surface area contributed by atoms with Crippen LogP contribution in [-0.2, 0) is 17.6 Å². The van der Waals surface area contributed by atoms with Gasteiger partial charge in [0, 0.05) is 30.8 Å². The first-order valence-electron chi connectivity index (χ1n) is 8.13. The number of urea groups is 1. The number of carbonyl (C=O) groups excluding carboxylic acids is 2. The van der Waals surface area contributed by atoms with Gasteiger partial charge in [-0.1, -0.05) is 24.3 Å². The lowest BCUT2D eigenvalue weighted by Crippen LogP contribution is -2.33. The Morgan fingerprint density at radius 2 is 1.85 bits per heavy atom. The van der Waals surface area contributed by atoms with Crippen LogP contribution in [0.4, 0.5) is 16.2 Å². The van der Waals surface area contributed by atoms with Crippen molar-refractivity contribution < 1.29 is 14.5 Å². The number of nitrogens with two attached hydrogens (primary N) is 1. The van der Waals surface area contributed by atoms with Crippen molar-refractivity contribution in [3.05, 3.63) is 69.8 Å². The average molecular weight is 354 g/mol. The second-order valence-corrected chi connectivity index (χ2v) is 6.11. The van der Waals surface area contributed by atoms with E-state index in [0.717, 1.165) is 11.1 Å². The number of non-ortho nitro benzene ring substituents is 1. The molecule has 1 saturated heterocycles. The first-order valence-corrected chi connectivity index (χ1v) is 8.13. The number of nitro benzene ring substituents is 1. The molecular weight excluding hydrogens is 336 g/mol. The quantitative estimate of drug-likeness (QED) is 0.355. The van der Waals surface area contributed by atoms with Crippen LogP contribution in [-0.4, -0.2) is 34.3 Å². The fraction of sp³-hybridized carbons (Fsp3) is 0.222. The molecule has 26 heavy (non-hydrogen) atoms. The molecule has 134 valence electrons. The van der Waals surface area contributed by atoms with Crippen molar-refractivity contribution in [2.45, 2.75) is 18.9 Å². The molecule has 3 N–H and O–H groups in total. The second kappa shape index (κ2) is 7.22. The van der Waals surface area contributed by atoms with Gasteiger partial charge in [-0.3, -0.25) is 19.8 Å². The van der Waals surface area contributed by atoms with Crippen molar-refractivity contribution in [1.29, 1.82) is 0 Å². The Balaban J connectivity index is 1.61. The van der Waals surface area contributed by atoms with E-state index in [1.165, 1.54) is 17.0 Å². The highest BCUT2D eigenvalue weighted by Gasteiger charge is 2.37. The summed E-state index contributed by atoms with van der Waals surface area (Å²) in [4.78, 5) is 36.0. The lowest BCUT2D eigenvalue weighted by atomic mass is 10.1. The number of hydrogen-bond acceptors (Lipinski definition) is 5. The Morgan fingerprint density at radius 1 is 1.12 bits per heavy atom. The van der Waals surface area contributed by atoms with Crippen LogP contribution in [0.2, 0.25) is 0 Å². The zero-order valence-electron chi connectivity index (χ0n) is 13.9. The number of nitrogens with one attached hydrogen (secondary N) is 1. The van der Waals surface area contributed by atoms with Crippen LogP contribution in [0.3, 0.4) is 0 Å². The molecule has 0 aliphatic carbocycles. The topological polar surface area (TPSA) is 119 Å². The standard InChI is InChI=1S/C18H18N4O4/c19-14-3-1-2-13(10-14)11-16-17(23)21(18(24)20-16)9-8-12-4-6-15(7-5-12)22(25)26/h1-7,10,16H,8-9,11,19H2,(H,20,24). The Bertz CT molecular complexity index is 851. The van der Waals surface area contributed by atoms with E-state index in [9.17, 15) is 19.7 Å². The third-order valence-corrected chi connectivity index (χ3v) is 4.27. The highest BCUT2D eigenvalue weighted by atomic mass is 16.6. The maximum Gasteiger partial charge on any atom is 0.324 e. The van der Waals surface area contributed by atoms with Gasteiger partial charge < -0.3 is 11.1 Å². The van der Waals surface area contributed by atoms with Gasteiger partial charge in [0.15, 0.2) is 0 Å². The number of hydrogen-bond donors (Lipinski definition) is 2. The summed E-state index contributed by atoms with van der Waals surface area (Å²) >= 11 is 0. The number of nitrogens with zero attached hydrogens (tertiary/aromatic N) is 2. The first kappa shape index (κ1) is 17.4. The van der Waals surface area contributed by atoms with Crippen molar-refractivity contribution in [3.8, 4) is 0 Å². The van der Waals surface area contributed by atoms with Gasteiger partial charge in [0.1, 0.15) is 6.04 Å². The molecule has 1 unspecified atom stereocenters. The maximum atomic E-state index is 12.5. The maximum absolute atomic E-state index is 12.5. The molecule has 2 aromatic rings. The number of anilines is 1. The minimum absolute atomic E-state index is 0.00550.